The first-order chi connectivity index (χ1) is 7.31. The molecular formula is C12H11BrN2. The van der Waals surface area contributed by atoms with E-state index in [1.807, 2.05) is 36.4 Å². The predicted molar refractivity (Wildman–Crippen MR) is 65.3 cm³/mol. The topological polar surface area (TPSA) is 38.9 Å². The van der Waals surface area contributed by atoms with Crippen LogP contribution in [0.5, 0.6) is 0 Å². The van der Waals surface area contributed by atoms with Crippen molar-refractivity contribution >= 4 is 15.9 Å². The SMILES string of the molecule is NCc1cc(Br)cnc1-c1ccccc1. The van der Waals surface area contributed by atoms with Gasteiger partial charge < -0.3 is 5.73 Å². The van der Waals surface area contributed by atoms with Gasteiger partial charge >= 0.3 is 0 Å². The van der Waals surface area contributed by atoms with Crippen molar-refractivity contribution in [1.82, 2.24) is 4.98 Å². The van der Waals surface area contributed by atoms with Gasteiger partial charge in [-0.3, -0.25) is 4.98 Å². The van der Waals surface area contributed by atoms with Gasteiger partial charge in [0.15, 0.2) is 0 Å². The summed E-state index contributed by atoms with van der Waals surface area (Å²) in [5.41, 5.74) is 8.81. The van der Waals surface area contributed by atoms with E-state index in [0.717, 1.165) is 21.3 Å². The van der Waals surface area contributed by atoms with E-state index in [1.54, 1.807) is 6.20 Å². The predicted octanol–water partition coefficient (Wildman–Crippen LogP) is 2.97. The quantitative estimate of drug-likeness (QED) is 0.904. The van der Waals surface area contributed by atoms with Crippen molar-refractivity contribution in [2.24, 2.45) is 5.73 Å². The molecule has 0 radical (unpaired) electrons. The van der Waals surface area contributed by atoms with Crippen LogP contribution in [0.1, 0.15) is 5.56 Å². The molecule has 0 saturated heterocycles. The Balaban J connectivity index is 2.53. The maximum Gasteiger partial charge on any atom is 0.0747 e. The Morgan fingerprint density at radius 1 is 1.20 bits per heavy atom. The van der Waals surface area contributed by atoms with E-state index in [2.05, 4.69) is 20.9 Å². The van der Waals surface area contributed by atoms with Crippen LogP contribution in [0.15, 0.2) is 47.1 Å². The minimum Gasteiger partial charge on any atom is -0.326 e. The molecule has 0 bridgehead atoms. The summed E-state index contributed by atoms with van der Waals surface area (Å²) >= 11 is 3.39. The monoisotopic (exact) mass is 262 g/mol. The molecule has 0 aliphatic carbocycles. The van der Waals surface area contributed by atoms with E-state index < -0.39 is 0 Å². The normalized spacial score (nSPS) is 10.3. The molecule has 0 aliphatic heterocycles. The third kappa shape index (κ3) is 2.25. The molecule has 76 valence electrons. The highest BCUT2D eigenvalue weighted by Crippen LogP contribution is 2.23. The fourth-order valence-corrected chi connectivity index (χ4v) is 1.87. The second kappa shape index (κ2) is 4.55. The van der Waals surface area contributed by atoms with Gasteiger partial charge in [-0.25, -0.2) is 0 Å². The second-order valence-corrected chi connectivity index (χ2v) is 4.15. The molecule has 2 N–H and O–H groups in total. The lowest BCUT2D eigenvalue weighted by atomic mass is 10.1. The molecule has 0 aliphatic rings. The summed E-state index contributed by atoms with van der Waals surface area (Å²) in [4.78, 5) is 4.39. The zero-order valence-electron chi connectivity index (χ0n) is 8.15. The zero-order chi connectivity index (χ0) is 10.7. The van der Waals surface area contributed by atoms with Gasteiger partial charge in [-0.1, -0.05) is 30.3 Å². The van der Waals surface area contributed by atoms with Crippen LogP contribution >= 0.6 is 15.9 Å². The Morgan fingerprint density at radius 3 is 2.60 bits per heavy atom. The molecule has 0 fully saturated rings. The van der Waals surface area contributed by atoms with Gasteiger partial charge in [0, 0.05) is 22.8 Å². The van der Waals surface area contributed by atoms with Crippen LogP contribution in [0.4, 0.5) is 0 Å². The Kier molecular flexibility index (Phi) is 3.14. The number of hydrogen-bond acceptors (Lipinski definition) is 2. The van der Waals surface area contributed by atoms with Crippen molar-refractivity contribution in [3.05, 3.63) is 52.6 Å². The standard InChI is InChI=1S/C12H11BrN2/c13-11-6-10(7-14)12(15-8-11)9-4-2-1-3-5-9/h1-6,8H,7,14H2. The zero-order valence-corrected chi connectivity index (χ0v) is 9.74. The molecule has 1 aromatic carbocycles. The lowest BCUT2D eigenvalue weighted by Gasteiger charge is -2.06. The first kappa shape index (κ1) is 10.3. The largest absolute Gasteiger partial charge is 0.326 e. The molecule has 1 heterocycles. The highest BCUT2D eigenvalue weighted by molar-refractivity contribution is 9.10. The average molecular weight is 263 g/mol. The minimum atomic E-state index is 0.497. The van der Waals surface area contributed by atoms with Crippen molar-refractivity contribution < 1.29 is 0 Å². The van der Waals surface area contributed by atoms with E-state index in [1.165, 1.54) is 0 Å². The molecule has 0 atom stereocenters. The fourth-order valence-electron chi connectivity index (χ4n) is 1.49. The number of rotatable bonds is 2. The van der Waals surface area contributed by atoms with Crippen molar-refractivity contribution in [1.29, 1.82) is 0 Å². The third-order valence-corrected chi connectivity index (χ3v) is 2.63. The molecule has 0 amide bonds. The van der Waals surface area contributed by atoms with Crippen LogP contribution in [0, 0.1) is 0 Å². The van der Waals surface area contributed by atoms with Crippen LogP contribution in [0.3, 0.4) is 0 Å². The molecule has 2 aromatic rings. The summed E-state index contributed by atoms with van der Waals surface area (Å²) in [6, 6.07) is 12.1. The van der Waals surface area contributed by atoms with Gasteiger partial charge in [0.1, 0.15) is 0 Å². The molecule has 3 heteroatoms. The molecule has 0 spiro atoms. The molecule has 2 rings (SSSR count). The number of aromatic nitrogens is 1. The van der Waals surface area contributed by atoms with Crippen LogP contribution in [-0.4, -0.2) is 4.98 Å². The van der Waals surface area contributed by atoms with Crippen molar-refractivity contribution in [3.8, 4) is 11.3 Å². The molecule has 15 heavy (non-hydrogen) atoms. The van der Waals surface area contributed by atoms with Crippen molar-refractivity contribution in [3.63, 3.8) is 0 Å². The number of benzene rings is 1. The number of hydrogen-bond donors (Lipinski definition) is 1. The summed E-state index contributed by atoms with van der Waals surface area (Å²) in [5.74, 6) is 0. The van der Waals surface area contributed by atoms with Crippen LogP contribution in [0.2, 0.25) is 0 Å². The first-order valence-electron chi connectivity index (χ1n) is 4.71. The Labute approximate surface area is 97.3 Å². The maximum atomic E-state index is 5.70. The molecule has 2 nitrogen and oxygen atoms in total. The summed E-state index contributed by atoms with van der Waals surface area (Å²) in [6.45, 7) is 0.497. The van der Waals surface area contributed by atoms with Gasteiger partial charge in [-0.05, 0) is 27.6 Å². The Hall–Kier alpha value is -1.19. The molecule has 0 unspecified atom stereocenters. The van der Waals surface area contributed by atoms with E-state index >= 15 is 0 Å². The van der Waals surface area contributed by atoms with E-state index in [4.69, 9.17) is 5.73 Å². The highest BCUT2D eigenvalue weighted by atomic mass is 79.9. The second-order valence-electron chi connectivity index (χ2n) is 3.23. The Morgan fingerprint density at radius 2 is 1.93 bits per heavy atom. The molecular weight excluding hydrogens is 252 g/mol. The van der Waals surface area contributed by atoms with Gasteiger partial charge in [0.25, 0.3) is 0 Å². The summed E-state index contributed by atoms with van der Waals surface area (Å²) in [6.07, 6.45) is 1.79. The first-order valence-corrected chi connectivity index (χ1v) is 5.50. The van der Waals surface area contributed by atoms with Gasteiger partial charge in [0.05, 0.1) is 5.69 Å². The average Bonchev–Trinajstić information content (AvgIpc) is 2.30. The third-order valence-electron chi connectivity index (χ3n) is 2.20. The number of pyridine rings is 1. The van der Waals surface area contributed by atoms with Crippen molar-refractivity contribution in [2.45, 2.75) is 6.54 Å². The van der Waals surface area contributed by atoms with E-state index in [0.29, 0.717) is 6.54 Å². The number of nitrogens with zero attached hydrogens (tertiary/aromatic N) is 1. The number of nitrogens with two attached hydrogens (primary N) is 1. The van der Waals surface area contributed by atoms with Gasteiger partial charge in [-0.15, -0.1) is 0 Å². The summed E-state index contributed by atoms with van der Waals surface area (Å²) in [5, 5.41) is 0. The lowest BCUT2D eigenvalue weighted by molar-refractivity contribution is 1.05. The summed E-state index contributed by atoms with van der Waals surface area (Å²) < 4.78 is 0.961. The van der Waals surface area contributed by atoms with Crippen molar-refractivity contribution in [2.75, 3.05) is 0 Å². The van der Waals surface area contributed by atoms with Crippen LogP contribution < -0.4 is 5.73 Å². The van der Waals surface area contributed by atoms with Crippen LogP contribution in [0.25, 0.3) is 11.3 Å². The minimum absolute atomic E-state index is 0.497. The molecule has 0 saturated carbocycles. The van der Waals surface area contributed by atoms with E-state index in [9.17, 15) is 0 Å². The van der Waals surface area contributed by atoms with Gasteiger partial charge in [0.2, 0.25) is 0 Å². The van der Waals surface area contributed by atoms with Crippen LogP contribution in [-0.2, 0) is 6.54 Å². The Bertz CT molecular complexity index is 454. The summed E-state index contributed by atoms with van der Waals surface area (Å²) in [7, 11) is 0. The fraction of sp³-hybridized carbons (Fsp3) is 0.0833. The number of halogens is 1. The lowest BCUT2D eigenvalue weighted by Crippen LogP contribution is -2.00. The maximum absolute atomic E-state index is 5.70. The smallest absolute Gasteiger partial charge is 0.0747 e. The highest BCUT2D eigenvalue weighted by Gasteiger charge is 2.05. The van der Waals surface area contributed by atoms with Gasteiger partial charge in [-0.2, -0.15) is 0 Å². The molecule has 1 aromatic heterocycles. The van der Waals surface area contributed by atoms with E-state index in [-0.39, 0.29) is 0 Å².